The van der Waals surface area contributed by atoms with Gasteiger partial charge in [0.1, 0.15) is 6.04 Å². The molecule has 3 rings (SSSR count). The molecule has 0 spiro atoms. The van der Waals surface area contributed by atoms with Crippen molar-refractivity contribution in [2.45, 2.75) is 32.5 Å². The molecule has 1 amide bonds. The molecule has 27 heavy (non-hydrogen) atoms. The van der Waals surface area contributed by atoms with E-state index in [2.05, 4.69) is 0 Å². The molecular weight excluding hydrogens is 384 g/mol. The minimum Gasteiger partial charge on any atom is -0.340 e. The monoisotopic (exact) mass is 406 g/mol. The van der Waals surface area contributed by atoms with Gasteiger partial charge in [-0.05, 0) is 42.2 Å². The van der Waals surface area contributed by atoms with Crippen LogP contribution >= 0.6 is 11.6 Å². The van der Waals surface area contributed by atoms with Crippen LogP contribution in [0.3, 0.4) is 0 Å². The second-order valence-corrected chi connectivity index (χ2v) is 9.40. The molecule has 7 heteroatoms. The minimum atomic E-state index is -3.50. The highest BCUT2D eigenvalue weighted by Gasteiger charge is 2.39. The maximum absolute atomic E-state index is 13.1. The summed E-state index contributed by atoms with van der Waals surface area (Å²) in [5.74, 6) is -0.226. The fourth-order valence-electron chi connectivity index (χ4n) is 3.36. The van der Waals surface area contributed by atoms with Crippen molar-refractivity contribution in [2.24, 2.45) is 0 Å². The number of carbonyl (C=O) groups is 1. The van der Waals surface area contributed by atoms with Crippen LogP contribution in [-0.2, 0) is 34.3 Å². The van der Waals surface area contributed by atoms with Crippen LogP contribution in [0.15, 0.2) is 48.5 Å². The van der Waals surface area contributed by atoms with E-state index < -0.39 is 16.1 Å². The van der Waals surface area contributed by atoms with Gasteiger partial charge in [0.15, 0.2) is 0 Å². The number of halogens is 1. The van der Waals surface area contributed by atoms with Gasteiger partial charge in [0.05, 0.1) is 5.75 Å². The van der Waals surface area contributed by atoms with Gasteiger partial charge in [0, 0.05) is 25.2 Å². The fraction of sp³-hybridized carbons (Fsp3) is 0.350. The van der Waals surface area contributed by atoms with Crippen LogP contribution in [-0.4, -0.2) is 42.4 Å². The third-order valence-corrected chi connectivity index (χ3v) is 7.00. The number of nitrogens with zero attached hydrogens (tertiary/aromatic N) is 2. The quantitative estimate of drug-likeness (QED) is 0.766. The number of benzene rings is 2. The molecule has 0 aliphatic carbocycles. The van der Waals surface area contributed by atoms with Crippen LogP contribution in [0.1, 0.15) is 23.6 Å². The third kappa shape index (κ3) is 4.34. The molecule has 144 valence electrons. The van der Waals surface area contributed by atoms with Gasteiger partial charge in [-0.1, -0.05) is 48.0 Å². The molecule has 0 aromatic heterocycles. The first kappa shape index (κ1) is 19.9. The fourth-order valence-corrected chi connectivity index (χ4v) is 4.71. The van der Waals surface area contributed by atoms with Crippen molar-refractivity contribution in [1.82, 2.24) is 9.21 Å². The number of hydrogen-bond donors (Lipinski definition) is 0. The van der Waals surface area contributed by atoms with Crippen molar-refractivity contribution in [1.29, 1.82) is 0 Å². The zero-order valence-electron chi connectivity index (χ0n) is 15.4. The van der Waals surface area contributed by atoms with Gasteiger partial charge in [-0.2, -0.15) is 4.31 Å². The molecule has 1 atom stereocenters. The van der Waals surface area contributed by atoms with E-state index >= 15 is 0 Å². The minimum absolute atomic E-state index is 0.0279. The van der Waals surface area contributed by atoms with Crippen molar-refractivity contribution in [2.75, 3.05) is 12.8 Å². The van der Waals surface area contributed by atoms with Gasteiger partial charge in [-0.15, -0.1) is 0 Å². The number of amides is 1. The summed E-state index contributed by atoms with van der Waals surface area (Å²) in [7, 11) is -1.80. The van der Waals surface area contributed by atoms with Crippen molar-refractivity contribution in [3.05, 3.63) is 70.2 Å². The first-order chi connectivity index (χ1) is 12.8. The molecular formula is C20H23ClN2O3S. The number of likely N-dealkylation sites (N-methyl/N-ethyl adjacent to an activating group) is 1. The standard InChI is InChI=1S/C20H23ClN2O3S/c1-3-27(25,26)23-14-17-7-5-4-6-16(17)12-19(23)20(24)22(2)13-15-8-10-18(21)11-9-15/h4-11,19H,3,12-14H2,1-2H3/t19-/m0/s1. The molecule has 0 bridgehead atoms. The van der Waals surface area contributed by atoms with Crippen LogP contribution < -0.4 is 0 Å². The molecule has 0 fully saturated rings. The summed E-state index contributed by atoms with van der Waals surface area (Å²) >= 11 is 5.91. The second-order valence-electron chi connectivity index (χ2n) is 6.76. The van der Waals surface area contributed by atoms with Gasteiger partial charge in [-0.3, -0.25) is 4.79 Å². The molecule has 0 saturated heterocycles. The van der Waals surface area contributed by atoms with E-state index in [4.69, 9.17) is 11.6 Å². The summed E-state index contributed by atoms with van der Waals surface area (Å²) < 4.78 is 26.6. The van der Waals surface area contributed by atoms with E-state index in [0.717, 1.165) is 16.7 Å². The zero-order valence-corrected chi connectivity index (χ0v) is 17.0. The summed E-state index contributed by atoms with van der Waals surface area (Å²) in [4.78, 5) is 14.7. The summed E-state index contributed by atoms with van der Waals surface area (Å²) in [5, 5.41) is 0.636. The lowest BCUT2D eigenvalue weighted by molar-refractivity contribution is -0.135. The molecule has 0 saturated carbocycles. The van der Waals surface area contributed by atoms with Crippen LogP contribution in [0.25, 0.3) is 0 Å². The Labute approximate surface area is 165 Å². The number of carbonyl (C=O) groups excluding carboxylic acids is 1. The maximum Gasteiger partial charge on any atom is 0.241 e. The molecule has 1 aliphatic rings. The lowest BCUT2D eigenvalue weighted by Crippen LogP contribution is -2.53. The van der Waals surface area contributed by atoms with Gasteiger partial charge in [-0.25, -0.2) is 8.42 Å². The van der Waals surface area contributed by atoms with Gasteiger partial charge >= 0.3 is 0 Å². The van der Waals surface area contributed by atoms with Crippen LogP contribution in [0.5, 0.6) is 0 Å². The molecule has 0 unspecified atom stereocenters. The smallest absolute Gasteiger partial charge is 0.241 e. The van der Waals surface area contributed by atoms with E-state index in [1.54, 1.807) is 31.0 Å². The van der Waals surface area contributed by atoms with Gasteiger partial charge < -0.3 is 4.90 Å². The average Bonchev–Trinajstić information content (AvgIpc) is 2.68. The Morgan fingerprint density at radius 1 is 1.15 bits per heavy atom. The predicted octanol–water partition coefficient (Wildman–Crippen LogP) is 3.08. The van der Waals surface area contributed by atoms with E-state index in [1.807, 2.05) is 36.4 Å². The normalized spacial score (nSPS) is 17.4. The Bertz CT molecular complexity index is 928. The van der Waals surface area contributed by atoms with Gasteiger partial charge in [0.2, 0.25) is 15.9 Å². The Morgan fingerprint density at radius 3 is 2.41 bits per heavy atom. The summed E-state index contributed by atoms with van der Waals surface area (Å²) in [6, 6.07) is 14.3. The highest BCUT2D eigenvalue weighted by atomic mass is 35.5. The lowest BCUT2D eigenvalue weighted by Gasteiger charge is -2.36. The molecule has 2 aromatic rings. The van der Waals surface area contributed by atoms with Crippen molar-refractivity contribution < 1.29 is 13.2 Å². The van der Waals surface area contributed by atoms with Crippen LogP contribution in [0.2, 0.25) is 5.02 Å². The molecule has 0 radical (unpaired) electrons. The zero-order chi connectivity index (χ0) is 19.6. The lowest BCUT2D eigenvalue weighted by atomic mass is 9.95. The van der Waals surface area contributed by atoms with Crippen LogP contribution in [0, 0.1) is 0 Å². The number of sulfonamides is 1. The van der Waals surface area contributed by atoms with E-state index in [1.165, 1.54) is 4.31 Å². The molecule has 0 N–H and O–H groups in total. The third-order valence-electron chi connectivity index (χ3n) is 4.92. The molecule has 1 aliphatic heterocycles. The SMILES string of the molecule is CCS(=O)(=O)N1Cc2ccccc2C[C@H]1C(=O)N(C)Cc1ccc(Cl)cc1. The average molecular weight is 407 g/mol. The highest BCUT2D eigenvalue weighted by molar-refractivity contribution is 7.89. The van der Waals surface area contributed by atoms with Crippen molar-refractivity contribution >= 4 is 27.5 Å². The van der Waals surface area contributed by atoms with Crippen molar-refractivity contribution in [3.63, 3.8) is 0 Å². The van der Waals surface area contributed by atoms with Gasteiger partial charge in [0.25, 0.3) is 0 Å². The van der Waals surface area contributed by atoms with Crippen LogP contribution in [0.4, 0.5) is 0 Å². The largest absolute Gasteiger partial charge is 0.340 e. The predicted molar refractivity (Wildman–Crippen MR) is 107 cm³/mol. The topological polar surface area (TPSA) is 57.7 Å². The second kappa shape index (κ2) is 8.00. The number of hydrogen-bond acceptors (Lipinski definition) is 3. The first-order valence-corrected chi connectivity index (χ1v) is 10.9. The summed E-state index contributed by atoms with van der Waals surface area (Å²) in [6.07, 6.45) is 0.388. The molecule has 1 heterocycles. The highest BCUT2D eigenvalue weighted by Crippen LogP contribution is 2.27. The van der Waals surface area contributed by atoms with E-state index in [0.29, 0.717) is 18.0 Å². The summed E-state index contributed by atoms with van der Waals surface area (Å²) in [5.41, 5.74) is 2.92. The Balaban J connectivity index is 1.86. The summed E-state index contributed by atoms with van der Waals surface area (Å²) in [6.45, 7) is 2.24. The number of fused-ring (bicyclic) bond motifs is 1. The van der Waals surface area contributed by atoms with E-state index in [-0.39, 0.29) is 18.2 Å². The first-order valence-electron chi connectivity index (χ1n) is 8.87. The molecule has 5 nitrogen and oxygen atoms in total. The Hall–Kier alpha value is -1.89. The molecule has 2 aromatic carbocycles. The Kier molecular flexibility index (Phi) is 5.89. The van der Waals surface area contributed by atoms with E-state index in [9.17, 15) is 13.2 Å². The van der Waals surface area contributed by atoms with Crippen molar-refractivity contribution in [3.8, 4) is 0 Å². The Morgan fingerprint density at radius 2 is 1.78 bits per heavy atom. The maximum atomic E-state index is 13.1. The number of rotatable bonds is 5.